The van der Waals surface area contributed by atoms with Gasteiger partial charge in [0, 0.05) is 42.2 Å². The molecule has 3 rings (SSSR count). The summed E-state index contributed by atoms with van der Waals surface area (Å²) in [6, 6.07) is 13.3. The van der Waals surface area contributed by atoms with Crippen LogP contribution in [-0.4, -0.2) is 84.9 Å². The fraction of sp³-hybridized carbons (Fsp3) is 0.471. The Morgan fingerprint density at radius 2 is 1.82 bits per heavy atom. The van der Waals surface area contributed by atoms with E-state index in [0.717, 1.165) is 35.3 Å². The zero-order valence-corrected chi connectivity index (χ0v) is 27.3. The van der Waals surface area contributed by atoms with Crippen molar-refractivity contribution in [2.75, 3.05) is 51.8 Å². The van der Waals surface area contributed by atoms with Crippen molar-refractivity contribution >= 4 is 41.1 Å². The lowest BCUT2D eigenvalue weighted by molar-refractivity contribution is -0.135. The summed E-state index contributed by atoms with van der Waals surface area (Å²) in [6.07, 6.45) is 11.5. The smallest absolute Gasteiger partial charge is 0.254 e. The van der Waals surface area contributed by atoms with Crippen LogP contribution in [0.1, 0.15) is 73.0 Å². The molecule has 1 atom stereocenters. The number of nitrogens with one attached hydrogen (secondary N) is 1. The van der Waals surface area contributed by atoms with Gasteiger partial charge in [-0.05, 0) is 81.1 Å². The summed E-state index contributed by atoms with van der Waals surface area (Å²) in [5, 5.41) is 2.88. The second-order valence-electron chi connectivity index (χ2n) is 11.4. The molecule has 2 aromatic rings. The molecule has 0 aromatic heterocycles. The quantitative estimate of drug-likeness (QED) is 0.148. The standard InChI is InChI=1S/C34H47N5O4S/c1-5-6-7-8-9-10-11-32(41)36-27-15-12-26-22-30(25-13-16-28(44-4)17-14-25)39(34(43)29(26)23-27)19-18-33(42)38(24-31(35)40)21-20-37(2)3/h10-17,23,30H,5-9,18-22,24H2,1-4H3,(H2,35,40)(H,36,41)/b11-10+. The van der Waals surface area contributed by atoms with Gasteiger partial charge in [0.05, 0.1) is 12.6 Å². The number of hydrogen-bond donors (Lipinski definition) is 2. The van der Waals surface area contributed by atoms with Crippen molar-refractivity contribution in [3.8, 4) is 0 Å². The molecule has 0 radical (unpaired) electrons. The molecule has 1 heterocycles. The summed E-state index contributed by atoms with van der Waals surface area (Å²) in [5.41, 5.74) is 8.36. The normalized spacial score (nSPS) is 14.6. The Balaban J connectivity index is 1.80. The largest absolute Gasteiger partial charge is 0.368 e. The number of fused-ring (bicyclic) bond motifs is 1. The summed E-state index contributed by atoms with van der Waals surface area (Å²) < 4.78 is 0. The van der Waals surface area contributed by atoms with Gasteiger partial charge in [-0.25, -0.2) is 0 Å². The van der Waals surface area contributed by atoms with Crippen molar-refractivity contribution in [1.82, 2.24) is 14.7 Å². The Kier molecular flexibility index (Phi) is 14.0. The minimum absolute atomic E-state index is 0.0562. The number of hydrogen-bond acceptors (Lipinski definition) is 6. The molecule has 0 aliphatic carbocycles. The molecular formula is C34H47N5O4S. The van der Waals surface area contributed by atoms with Gasteiger partial charge in [0.2, 0.25) is 17.7 Å². The van der Waals surface area contributed by atoms with E-state index in [1.165, 1.54) is 17.7 Å². The Bertz CT molecular complexity index is 1310. The van der Waals surface area contributed by atoms with E-state index >= 15 is 0 Å². The maximum absolute atomic E-state index is 14.0. The van der Waals surface area contributed by atoms with E-state index in [0.29, 0.717) is 30.8 Å². The Morgan fingerprint density at radius 1 is 1.07 bits per heavy atom. The van der Waals surface area contributed by atoms with Crippen molar-refractivity contribution in [2.45, 2.75) is 62.8 Å². The van der Waals surface area contributed by atoms with Gasteiger partial charge < -0.3 is 25.8 Å². The minimum Gasteiger partial charge on any atom is -0.368 e. The molecule has 4 amide bonds. The Labute approximate surface area is 266 Å². The molecule has 1 aliphatic rings. The predicted octanol–water partition coefficient (Wildman–Crippen LogP) is 4.88. The van der Waals surface area contributed by atoms with Crippen molar-refractivity contribution in [1.29, 1.82) is 0 Å². The lowest BCUT2D eigenvalue weighted by atomic mass is 9.89. The van der Waals surface area contributed by atoms with Crippen LogP contribution in [0.15, 0.2) is 59.5 Å². The van der Waals surface area contributed by atoms with Gasteiger partial charge in [0.1, 0.15) is 0 Å². The highest BCUT2D eigenvalue weighted by atomic mass is 32.2. The summed E-state index contributed by atoms with van der Waals surface area (Å²) in [7, 11) is 3.79. The van der Waals surface area contributed by atoms with E-state index in [2.05, 4.69) is 12.2 Å². The second-order valence-corrected chi connectivity index (χ2v) is 12.3. The van der Waals surface area contributed by atoms with Crippen LogP contribution in [0.5, 0.6) is 0 Å². The summed E-state index contributed by atoms with van der Waals surface area (Å²) in [4.78, 5) is 57.7. The highest BCUT2D eigenvalue weighted by Gasteiger charge is 2.34. The molecule has 0 saturated carbocycles. The second kappa shape index (κ2) is 17.6. The maximum Gasteiger partial charge on any atom is 0.254 e. The third-order valence-electron chi connectivity index (χ3n) is 7.74. The number of allylic oxidation sites excluding steroid dienone is 1. The van der Waals surface area contributed by atoms with E-state index in [1.54, 1.807) is 28.8 Å². The molecule has 0 fully saturated rings. The van der Waals surface area contributed by atoms with Crippen LogP contribution in [-0.2, 0) is 20.8 Å². The molecule has 0 saturated heterocycles. The van der Waals surface area contributed by atoms with Gasteiger partial charge in [0.25, 0.3) is 5.91 Å². The highest BCUT2D eigenvalue weighted by molar-refractivity contribution is 7.98. The molecule has 3 N–H and O–H groups in total. The van der Waals surface area contributed by atoms with E-state index in [4.69, 9.17) is 5.73 Å². The van der Waals surface area contributed by atoms with Crippen LogP contribution in [0.4, 0.5) is 5.69 Å². The summed E-state index contributed by atoms with van der Waals surface area (Å²) in [6.45, 7) is 3.13. The molecular weight excluding hydrogens is 574 g/mol. The van der Waals surface area contributed by atoms with E-state index in [1.807, 2.05) is 67.7 Å². The number of rotatable bonds is 17. The van der Waals surface area contributed by atoms with Crippen LogP contribution in [0, 0.1) is 0 Å². The van der Waals surface area contributed by atoms with Gasteiger partial charge in [0.15, 0.2) is 0 Å². The molecule has 238 valence electrons. The van der Waals surface area contributed by atoms with Crippen LogP contribution in [0.2, 0.25) is 0 Å². The summed E-state index contributed by atoms with van der Waals surface area (Å²) >= 11 is 1.65. The number of nitrogens with zero attached hydrogens (tertiary/aromatic N) is 3. The average Bonchev–Trinajstić information content (AvgIpc) is 3.00. The number of primary amides is 1. The fourth-order valence-electron chi connectivity index (χ4n) is 5.27. The van der Waals surface area contributed by atoms with Crippen LogP contribution in [0.25, 0.3) is 0 Å². The first-order valence-corrected chi connectivity index (χ1v) is 16.6. The van der Waals surface area contributed by atoms with E-state index < -0.39 is 5.91 Å². The molecule has 2 aromatic carbocycles. The van der Waals surface area contributed by atoms with E-state index in [9.17, 15) is 19.2 Å². The van der Waals surface area contributed by atoms with Crippen LogP contribution >= 0.6 is 11.8 Å². The first kappa shape index (κ1) is 34.9. The molecule has 10 heteroatoms. The first-order valence-electron chi connectivity index (χ1n) is 15.4. The molecule has 1 aliphatic heterocycles. The number of thioether (sulfide) groups is 1. The molecule has 0 bridgehead atoms. The monoisotopic (exact) mass is 621 g/mol. The molecule has 1 unspecified atom stereocenters. The Hall–Kier alpha value is -3.63. The van der Waals surface area contributed by atoms with Crippen LogP contribution < -0.4 is 11.1 Å². The number of likely N-dealkylation sites (N-methyl/N-ethyl adjacent to an activating group) is 1. The molecule has 9 nitrogen and oxygen atoms in total. The number of anilines is 1. The van der Waals surface area contributed by atoms with Crippen molar-refractivity contribution in [2.24, 2.45) is 5.73 Å². The average molecular weight is 622 g/mol. The van der Waals surface area contributed by atoms with E-state index in [-0.39, 0.29) is 43.3 Å². The third-order valence-corrected chi connectivity index (χ3v) is 8.48. The number of unbranched alkanes of at least 4 members (excludes halogenated alkanes) is 4. The number of carbonyl (C=O) groups is 4. The third kappa shape index (κ3) is 10.5. The predicted molar refractivity (Wildman–Crippen MR) is 178 cm³/mol. The minimum atomic E-state index is -0.576. The number of benzene rings is 2. The summed E-state index contributed by atoms with van der Waals surface area (Å²) in [5.74, 6) is -1.24. The van der Waals surface area contributed by atoms with Crippen molar-refractivity contribution < 1.29 is 19.2 Å². The number of nitrogens with two attached hydrogens (primary N) is 1. The van der Waals surface area contributed by atoms with Crippen molar-refractivity contribution in [3.05, 3.63) is 71.3 Å². The van der Waals surface area contributed by atoms with Gasteiger partial charge >= 0.3 is 0 Å². The lowest BCUT2D eigenvalue weighted by Crippen LogP contribution is -2.45. The molecule has 0 spiro atoms. The van der Waals surface area contributed by atoms with Crippen LogP contribution in [0.3, 0.4) is 0 Å². The maximum atomic E-state index is 14.0. The SMILES string of the molecule is CCCCCC/C=C/C(=O)Nc1ccc2c(c1)C(=O)N(CCC(=O)N(CCN(C)C)CC(N)=O)C(c1ccc(SC)cc1)C2. The number of carbonyl (C=O) groups excluding carboxylic acids is 4. The van der Waals surface area contributed by atoms with Gasteiger partial charge in [-0.15, -0.1) is 11.8 Å². The van der Waals surface area contributed by atoms with Gasteiger partial charge in [-0.3, -0.25) is 19.2 Å². The fourth-order valence-corrected chi connectivity index (χ4v) is 5.67. The number of amides is 4. The van der Waals surface area contributed by atoms with Gasteiger partial charge in [-0.2, -0.15) is 0 Å². The zero-order chi connectivity index (χ0) is 32.1. The zero-order valence-electron chi connectivity index (χ0n) is 26.5. The highest BCUT2D eigenvalue weighted by Crippen LogP contribution is 2.35. The first-order chi connectivity index (χ1) is 21.1. The van der Waals surface area contributed by atoms with Gasteiger partial charge in [-0.1, -0.05) is 50.5 Å². The topological polar surface area (TPSA) is 116 Å². The Morgan fingerprint density at radius 3 is 2.48 bits per heavy atom. The van der Waals surface area contributed by atoms with Crippen molar-refractivity contribution in [3.63, 3.8) is 0 Å². The molecule has 44 heavy (non-hydrogen) atoms. The lowest BCUT2D eigenvalue weighted by Gasteiger charge is -2.37.